The largest absolute Gasteiger partial charge is 0.0713 e. The Morgan fingerprint density at radius 2 is 0.653 bits per heavy atom. The van der Waals surface area contributed by atoms with Gasteiger partial charge in [0.1, 0.15) is 0 Å². The summed E-state index contributed by atoms with van der Waals surface area (Å²) < 4.78 is 0. The maximum Gasteiger partial charge on any atom is 0.0713 e. The maximum absolute atomic E-state index is 2.40. The molecule has 0 atom stereocenters. The van der Waals surface area contributed by atoms with Crippen molar-refractivity contribution in [3.8, 4) is 44.5 Å². The average molecular weight is 913 g/mol. The Morgan fingerprint density at radius 3 is 1.22 bits per heavy atom. The zero-order valence-electron chi connectivity index (χ0n) is 40.0. The van der Waals surface area contributed by atoms with Gasteiger partial charge in [-0.3, -0.25) is 0 Å². The third kappa shape index (κ3) is 6.39. The van der Waals surface area contributed by atoms with Gasteiger partial charge in [-0.25, -0.2) is 0 Å². The van der Waals surface area contributed by atoms with E-state index in [1.165, 1.54) is 137 Å². The van der Waals surface area contributed by atoms with Crippen LogP contribution in [0.3, 0.4) is 0 Å². The lowest BCUT2D eigenvalue weighted by molar-refractivity contribution is 0.768. The van der Waals surface area contributed by atoms with Gasteiger partial charge in [-0.15, -0.1) is 0 Å². The molecule has 0 fully saturated rings. The third-order valence-electron chi connectivity index (χ3n) is 15.7. The molecule has 0 aliphatic heterocycles. The summed E-state index contributed by atoms with van der Waals surface area (Å²) in [7, 11) is 0. The molecule has 0 radical (unpaired) electrons. The molecule has 14 rings (SSSR count). The molecule has 0 unspecified atom stereocenters. The normalized spacial score (nSPS) is 12.8. The SMILES string of the molecule is Cc1ccc(C2(c3ccc(-c4c5ccccc5c(-c5ccc(/C=C/c6ccc(-c7cccc8ccccc78)c7ccccc67)c6ccccc56)c5ccccc45)cc3)c3ccccc3-c3ccccc32)cc1. The molecule has 0 spiro atoms. The highest BCUT2D eigenvalue weighted by Gasteiger charge is 2.45. The zero-order chi connectivity index (χ0) is 47.8. The molecule has 0 saturated carbocycles. The van der Waals surface area contributed by atoms with Crippen molar-refractivity contribution >= 4 is 66.0 Å². The van der Waals surface area contributed by atoms with Crippen LogP contribution in [0.25, 0.3) is 111 Å². The van der Waals surface area contributed by atoms with Crippen molar-refractivity contribution in [2.24, 2.45) is 0 Å². The van der Waals surface area contributed by atoms with Gasteiger partial charge in [0.25, 0.3) is 0 Å². The fraction of sp³-hybridized carbons (Fsp3) is 0.0278. The first-order valence-corrected chi connectivity index (χ1v) is 25.2. The van der Waals surface area contributed by atoms with Gasteiger partial charge in [0, 0.05) is 0 Å². The van der Waals surface area contributed by atoms with Crippen molar-refractivity contribution in [2.45, 2.75) is 12.3 Å². The Kier molecular flexibility index (Phi) is 9.76. The van der Waals surface area contributed by atoms with Gasteiger partial charge in [-0.05, 0) is 139 Å². The van der Waals surface area contributed by atoms with Gasteiger partial charge in [-0.2, -0.15) is 0 Å². The number of aryl methyl sites for hydroxylation is 1. The second kappa shape index (κ2) is 16.8. The van der Waals surface area contributed by atoms with Gasteiger partial charge in [0.05, 0.1) is 5.41 Å². The summed E-state index contributed by atoms with van der Waals surface area (Å²) >= 11 is 0. The van der Waals surface area contributed by atoms with Crippen LogP contribution in [-0.2, 0) is 5.41 Å². The number of hydrogen-bond acceptors (Lipinski definition) is 0. The molecule has 72 heavy (non-hydrogen) atoms. The minimum Gasteiger partial charge on any atom is -0.0619 e. The summed E-state index contributed by atoms with van der Waals surface area (Å²) in [6.45, 7) is 2.17. The Hall–Kier alpha value is -9.10. The molecule has 1 aliphatic carbocycles. The minimum atomic E-state index is -0.452. The molecule has 0 nitrogen and oxygen atoms in total. The lowest BCUT2D eigenvalue weighted by atomic mass is 9.67. The highest BCUT2D eigenvalue weighted by atomic mass is 14.5. The van der Waals surface area contributed by atoms with E-state index in [1.807, 2.05) is 0 Å². The lowest BCUT2D eigenvalue weighted by Gasteiger charge is -2.34. The van der Waals surface area contributed by atoms with Gasteiger partial charge < -0.3 is 0 Å². The predicted molar refractivity (Wildman–Crippen MR) is 308 cm³/mol. The highest BCUT2D eigenvalue weighted by Crippen LogP contribution is 2.56. The van der Waals surface area contributed by atoms with Gasteiger partial charge in [0.2, 0.25) is 0 Å². The standard InChI is InChI=1S/C72H48/c1-47-33-41-52(42-34-47)72(68-31-14-12-24-61(68)62-25-13-15-32-69(62)72)53-43-37-51(38-44-53)70-63-26-8-10-28-65(63)71(66-29-11-9-27-64(66)70)67-46-40-50(56-21-5-7-23-59(56)67)36-35-49-39-45-60(57-22-6-4-20-55(49)57)58-30-16-18-48-17-2-3-19-54(48)58/h2-46H,1H3/b36-35+. The van der Waals surface area contributed by atoms with Crippen molar-refractivity contribution in [2.75, 3.05) is 0 Å². The van der Waals surface area contributed by atoms with E-state index in [0.29, 0.717) is 0 Å². The molecule has 13 aromatic carbocycles. The molecule has 0 N–H and O–H groups in total. The van der Waals surface area contributed by atoms with E-state index in [1.54, 1.807) is 0 Å². The summed E-state index contributed by atoms with van der Waals surface area (Å²) in [6.07, 6.45) is 4.61. The van der Waals surface area contributed by atoms with E-state index < -0.39 is 5.41 Å². The number of hydrogen-bond donors (Lipinski definition) is 0. The molecule has 0 heteroatoms. The number of fused-ring (bicyclic) bond motifs is 8. The van der Waals surface area contributed by atoms with E-state index in [9.17, 15) is 0 Å². The molecule has 336 valence electrons. The van der Waals surface area contributed by atoms with Crippen LogP contribution >= 0.6 is 0 Å². The van der Waals surface area contributed by atoms with Crippen molar-refractivity contribution < 1.29 is 0 Å². The second-order valence-electron chi connectivity index (χ2n) is 19.5. The first kappa shape index (κ1) is 41.8. The second-order valence-corrected chi connectivity index (χ2v) is 19.5. The van der Waals surface area contributed by atoms with Crippen molar-refractivity contribution in [1.29, 1.82) is 0 Å². The van der Waals surface area contributed by atoms with Gasteiger partial charge >= 0.3 is 0 Å². The highest BCUT2D eigenvalue weighted by molar-refractivity contribution is 6.24. The van der Waals surface area contributed by atoms with E-state index in [0.717, 1.165) is 0 Å². The Labute approximate surface area is 420 Å². The smallest absolute Gasteiger partial charge is 0.0619 e. The fourth-order valence-electron chi connectivity index (χ4n) is 12.5. The molecule has 0 saturated heterocycles. The average Bonchev–Trinajstić information content (AvgIpc) is 3.75. The lowest BCUT2D eigenvalue weighted by Crippen LogP contribution is -2.28. The Morgan fingerprint density at radius 1 is 0.264 bits per heavy atom. The van der Waals surface area contributed by atoms with Crippen LogP contribution in [0, 0.1) is 6.92 Å². The van der Waals surface area contributed by atoms with Crippen LogP contribution in [0.2, 0.25) is 0 Å². The first-order chi connectivity index (χ1) is 35.6. The molecule has 13 aromatic rings. The predicted octanol–water partition coefficient (Wildman–Crippen LogP) is 19.3. The molecular weight excluding hydrogens is 865 g/mol. The zero-order valence-corrected chi connectivity index (χ0v) is 40.0. The third-order valence-corrected chi connectivity index (χ3v) is 15.7. The van der Waals surface area contributed by atoms with E-state index in [2.05, 4.69) is 280 Å². The van der Waals surface area contributed by atoms with Crippen LogP contribution in [0.15, 0.2) is 261 Å². The molecular formula is C72H48. The molecule has 0 amide bonds. The molecule has 0 aromatic heterocycles. The topological polar surface area (TPSA) is 0 Å². The Bertz CT molecular complexity index is 4210. The van der Waals surface area contributed by atoms with Gasteiger partial charge in [0.15, 0.2) is 0 Å². The van der Waals surface area contributed by atoms with Crippen LogP contribution < -0.4 is 0 Å². The number of benzene rings is 13. The summed E-state index contributed by atoms with van der Waals surface area (Å²) in [5, 5.41) is 12.5. The molecule has 0 heterocycles. The fourth-order valence-corrected chi connectivity index (χ4v) is 12.5. The minimum absolute atomic E-state index is 0.452. The van der Waals surface area contributed by atoms with Crippen LogP contribution in [0.5, 0.6) is 0 Å². The van der Waals surface area contributed by atoms with E-state index in [4.69, 9.17) is 0 Å². The number of rotatable bonds is 7. The quantitative estimate of drug-likeness (QED) is 0.110. The summed E-state index contributed by atoms with van der Waals surface area (Å²) in [5.41, 5.74) is 18.5. The monoisotopic (exact) mass is 912 g/mol. The summed E-state index contributed by atoms with van der Waals surface area (Å²) in [4.78, 5) is 0. The van der Waals surface area contributed by atoms with Crippen LogP contribution in [0.4, 0.5) is 0 Å². The van der Waals surface area contributed by atoms with Crippen molar-refractivity contribution in [3.05, 3.63) is 300 Å². The summed E-state index contributed by atoms with van der Waals surface area (Å²) in [6, 6.07) is 97.2. The maximum atomic E-state index is 2.40. The molecule has 1 aliphatic rings. The van der Waals surface area contributed by atoms with Crippen molar-refractivity contribution in [3.63, 3.8) is 0 Å². The van der Waals surface area contributed by atoms with E-state index in [-0.39, 0.29) is 0 Å². The summed E-state index contributed by atoms with van der Waals surface area (Å²) in [5.74, 6) is 0. The first-order valence-electron chi connectivity index (χ1n) is 25.2. The van der Waals surface area contributed by atoms with Crippen LogP contribution in [0.1, 0.15) is 38.9 Å². The van der Waals surface area contributed by atoms with Crippen LogP contribution in [-0.4, -0.2) is 0 Å². The Balaban J connectivity index is 0.895. The van der Waals surface area contributed by atoms with Gasteiger partial charge in [-0.1, -0.05) is 279 Å². The molecule has 0 bridgehead atoms. The van der Waals surface area contributed by atoms with E-state index >= 15 is 0 Å². The van der Waals surface area contributed by atoms with Crippen molar-refractivity contribution in [1.82, 2.24) is 0 Å².